The highest BCUT2D eigenvalue weighted by atomic mass is 19.1. The van der Waals surface area contributed by atoms with E-state index in [-0.39, 0.29) is 37.8 Å². The van der Waals surface area contributed by atoms with E-state index in [4.69, 9.17) is 4.74 Å². The van der Waals surface area contributed by atoms with Crippen molar-refractivity contribution in [3.05, 3.63) is 54.1 Å². The zero-order chi connectivity index (χ0) is 17.0. The first kappa shape index (κ1) is 16.6. The van der Waals surface area contributed by atoms with Crippen molar-refractivity contribution in [2.45, 2.75) is 18.6 Å². The van der Waals surface area contributed by atoms with Gasteiger partial charge in [0, 0.05) is 25.4 Å². The fourth-order valence-electron chi connectivity index (χ4n) is 2.94. The van der Waals surface area contributed by atoms with Crippen LogP contribution in [0.25, 0.3) is 0 Å². The number of hydrogen-bond donors (Lipinski definition) is 1. The minimum Gasteiger partial charge on any atom is -0.393 e. The fourth-order valence-corrected chi connectivity index (χ4v) is 2.94. The van der Waals surface area contributed by atoms with E-state index in [1.54, 1.807) is 46.2 Å². The zero-order valence-corrected chi connectivity index (χ0v) is 13.3. The summed E-state index contributed by atoms with van der Waals surface area (Å²) < 4.78 is 21.2. The predicted octanol–water partition coefficient (Wildman–Crippen LogP) is 0.855. The van der Waals surface area contributed by atoms with Gasteiger partial charge in [-0.15, -0.1) is 0 Å². The van der Waals surface area contributed by atoms with Crippen molar-refractivity contribution in [2.75, 3.05) is 26.3 Å². The molecule has 0 saturated carbocycles. The van der Waals surface area contributed by atoms with Crippen molar-refractivity contribution in [1.82, 2.24) is 14.7 Å². The van der Waals surface area contributed by atoms with Crippen LogP contribution < -0.4 is 0 Å². The summed E-state index contributed by atoms with van der Waals surface area (Å²) in [6.07, 6.45) is 3.54. The summed E-state index contributed by atoms with van der Waals surface area (Å²) in [7, 11) is 0. The van der Waals surface area contributed by atoms with E-state index in [1.165, 1.54) is 6.07 Å². The number of amides is 1. The molecule has 2 heterocycles. The van der Waals surface area contributed by atoms with Gasteiger partial charge in [0.15, 0.2) is 0 Å². The minimum absolute atomic E-state index is 0.103. The monoisotopic (exact) mass is 333 g/mol. The summed E-state index contributed by atoms with van der Waals surface area (Å²) in [5.74, 6) is -0.442. The SMILES string of the molecule is O=C(Cn1cccn1)N1CCO[C@@](CO)(Cc2ccccc2F)C1. The third kappa shape index (κ3) is 3.63. The summed E-state index contributed by atoms with van der Waals surface area (Å²) in [6.45, 7) is 0.817. The highest BCUT2D eigenvalue weighted by Gasteiger charge is 2.38. The van der Waals surface area contributed by atoms with E-state index in [0.29, 0.717) is 18.7 Å². The molecule has 0 aliphatic carbocycles. The Morgan fingerprint density at radius 3 is 2.92 bits per heavy atom. The van der Waals surface area contributed by atoms with Crippen LogP contribution in [-0.4, -0.2) is 57.6 Å². The number of rotatable bonds is 5. The summed E-state index contributed by atoms with van der Waals surface area (Å²) in [5.41, 5.74) is -0.520. The highest BCUT2D eigenvalue weighted by Crippen LogP contribution is 2.24. The lowest BCUT2D eigenvalue weighted by Gasteiger charge is -2.42. The molecule has 1 aromatic carbocycles. The van der Waals surface area contributed by atoms with Crippen LogP contribution in [0.2, 0.25) is 0 Å². The van der Waals surface area contributed by atoms with Gasteiger partial charge in [-0.2, -0.15) is 5.10 Å². The lowest BCUT2D eigenvalue weighted by atomic mass is 9.92. The van der Waals surface area contributed by atoms with Crippen LogP contribution in [0.4, 0.5) is 4.39 Å². The molecule has 1 amide bonds. The van der Waals surface area contributed by atoms with Gasteiger partial charge >= 0.3 is 0 Å². The average Bonchev–Trinajstić information content (AvgIpc) is 3.10. The lowest BCUT2D eigenvalue weighted by molar-refractivity contribution is -0.158. The Bertz CT molecular complexity index is 692. The number of hydrogen-bond acceptors (Lipinski definition) is 4. The van der Waals surface area contributed by atoms with Crippen molar-refractivity contribution in [2.24, 2.45) is 0 Å². The van der Waals surface area contributed by atoms with Gasteiger partial charge in [0.1, 0.15) is 18.0 Å². The predicted molar refractivity (Wildman–Crippen MR) is 84.7 cm³/mol. The Labute approximate surface area is 139 Å². The molecule has 1 fully saturated rings. The van der Waals surface area contributed by atoms with Crippen molar-refractivity contribution >= 4 is 5.91 Å². The number of halogens is 1. The van der Waals surface area contributed by atoms with Gasteiger partial charge in [0.25, 0.3) is 0 Å². The number of benzene rings is 1. The Balaban J connectivity index is 1.72. The van der Waals surface area contributed by atoms with Crippen LogP contribution in [0, 0.1) is 5.82 Å². The molecule has 7 heteroatoms. The van der Waals surface area contributed by atoms with Crippen LogP contribution >= 0.6 is 0 Å². The van der Waals surface area contributed by atoms with Gasteiger partial charge in [-0.1, -0.05) is 18.2 Å². The first-order valence-corrected chi connectivity index (χ1v) is 7.85. The van der Waals surface area contributed by atoms with Gasteiger partial charge in [-0.3, -0.25) is 9.48 Å². The smallest absolute Gasteiger partial charge is 0.244 e. The molecule has 1 N–H and O–H groups in total. The van der Waals surface area contributed by atoms with E-state index < -0.39 is 5.60 Å². The van der Waals surface area contributed by atoms with Crippen LogP contribution in [0.1, 0.15) is 5.56 Å². The van der Waals surface area contributed by atoms with Crippen LogP contribution in [0.3, 0.4) is 0 Å². The van der Waals surface area contributed by atoms with E-state index in [0.717, 1.165) is 0 Å². The molecule has 0 unspecified atom stereocenters. The van der Waals surface area contributed by atoms with Gasteiger partial charge in [-0.25, -0.2) is 4.39 Å². The number of ether oxygens (including phenoxy) is 1. The summed E-state index contributed by atoms with van der Waals surface area (Å²) >= 11 is 0. The summed E-state index contributed by atoms with van der Waals surface area (Å²) in [4.78, 5) is 14.1. The molecular formula is C17H20FN3O3. The van der Waals surface area contributed by atoms with Gasteiger partial charge in [0.2, 0.25) is 5.91 Å². The number of carbonyl (C=O) groups excluding carboxylic acids is 1. The number of aliphatic hydroxyl groups excluding tert-OH is 1. The molecule has 1 atom stereocenters. The van der Waals surface area contributed by atoms with Crippen molar-refractivity contribution < 1.29 is 19.0 Å². The second kappa shape index (κ2) is 7.11. The van der Waals surface area contributed by atoms with Crippen LogP contribution in [0.15, 0.2) is 42.7 Å². The van der Waals surface area contributed by atoms with Crippen LogP contribution in [0.5, 0.6) is 0 Å². The Kier molecular flexibility index (Phi) is 4.92. The third-order valence-electron chi connectivity index (χ3n) is 4.22. The number of carbonyl (C=O) groups is 1. The number of morpholine rings is 1. The minimum atomic E-state index is -0.986. The Morgan fingerprint density at radius 1 is 1.38 bits per heavy atom. The quantitative estimate of drug-likeness (QED) is 0.881. The van der Waals surface area contributed by atoms with Crippen molar-refractivity contribution in [3.63, 3.8) is 0 Å². The summed E-state index contributed by atoms with van der Waals surface area (Å²) in [6, 6.07) is 8.16. The maximum Gasteiger partial charge on any atom is 0.244 e. The average molecular weight is 333 g/mol. The first-order chi connectivity index (χ1) is 11.6. The molecule has 1 saturated heterocycles. The maximum atomic E-state index is 13.9. The number of nitrogens with zero attached hydrogens (tertiary/aromatic N) is 3. The summed E-state index contributed by atoms with van der Waals surface area (Å²) in [5, 5.41) is 13.9. The van der Waals surface area contributed by atoms with Gasteiger partial charge in [0.05, 0.1) is 19.8 Å². The molecule has 6 nitrogen and oxygen atoms in total. The van der Waals surface area contributed by atoms with Crippen molar-refractivity contribution in [1.29, 1.82) is 0 Å². The lowest BCUT2D eigenvalue weighted by Crippen LogP contribution is -2.57. The van der Waals surface area contributed by atoms with Gasteiger partial charge in [-0.05, 0) is 17.7 Å². The molecule has 24 heavy (non-hydrogen) atoms. The molecule has 0 bridgehead atoms. The Hall–Kier alpha value is -2.25. The van der Waals surface area contributed by atoms with Crippen LogP contribution in [-0.2, 0) is 22.5 Å². The van der Waals surface area contributed by atoms with E-state index in [2.05, 4.69) is 5.10 Å². The maximum absolute atomic E-state index is 13.9. The molecular weight excluding hydrogens is 313 g/mol. The molecule has 2 aromatic rings. The second-order valence-corrected chi connectivity index (χ2v) is 5.98. The second-order valence-electron chi connectivity index (χ2n) is 5.98. The molecule has 3 rings (SSSR count). The number of aromatic nitrogens is 2. The molecule has 0 spiro atoms. The normalized spacial score (nSPS) is 21.0. The van der Waals surface area contributed by atoms with E-state index >= 15 is 0 Å². The molecule has 1 aromatic heterocycles. The topological polar surface area (TPSA) is 67.6 Å². The molecule has 1 aliphatic rings. The van der Waals surface area contributed by atoms with E-state index in [1.807, 2.05) is 0 Å². The zero-order valence-electron chi connectivity index (χ0n) is 13.3. The molecule has 128 valence electrons. The molecule has 1 aliphatic heterocycles. The first-order valence-electron chi connectivity index (χ1n) is 7.85. The standard InChI is InChI=1S/C17H20FN3O3/c18-15-5-2-1-4-14(15)10-17(13-22)12-20(8-9-24-17)16(23)11-21-7-3-6-19-21/h1-7,22H,8-13H2/t17-/m0/s1. The third-order valence-corrected chi connectivity index (χ3v) is 4.22. The molecule has 0 radical (unpaired) electrons. The highest BCUT2D eigenvalue weighted by molar-refractivity contribution is 5.76. The fraction of sp³-hybridized carbons (Fsp3) is 0.412. The number of aliphatic hydroxyl groups is 1. The largest absolute Gasteiger partial charge is 0.393 e. The van der Waals surface area contributed by atoms with Gasteiger partial charge < -0.3 is 14.7 Å². The Morgan fingerprint density at radius 2 is 2.21 bits per heavy atom. The van der Waals surface area contributed by atoms with E-state index in [9.17, 15) is 14.3 Å². The van der Waals surface area contributed by atoms with Crippen molar-refractivity contribution in [3.8, 4) is 0 Å².